The van der Waals surface area contributed by atoms with Crippen molar-refractivity contribution in [3.8, 4) is 0 Å². The summed E-state index contributed by atoms with van der Waals surface area (Å²) in [5, 5.41) is 17.5. The number of hydrogen-bond acceptors (Lipinski definition) is 5. The van der Waals surface area contributed by atoms with Crippen LogP contribution in [-0.2, 0) is 10.9 Å². The van der Waals surface area contributed by atoms with Crippen molar-refractivity contribution >= 4 is 30.2 Å². The van der Waals surface area contributed by atoms with Crippen molar-refractivity contribution in [3.05, 3.63) is 58.9 Å². The summed E-state index contributed by atoms with van der Waals surface area (Å²) in [7, 11) is -0.418. The molecule has 128 valence electrons. The predicted octanol–water partition coefficient (Wildman–Crippen LogP) is 1.91. The number of aromatic nitrogens is 1. The van der Waals surface area contributed by atoms with E-state index in [2.05, 4.69) is 9.72 Å². The number of nitrogens with zero attached hydrogens (tertiary/aromatic N) is 1. The molecule has 10 heteroatoms. The highest BCUT2D eigenvalue weighted by atomic mass is 35.5. The maximum atomic E-state index is 12.0. The first-order valence-electron chi connectivity index (χ1n) is 6.38. The van der Waals surface area contributed by atoms with Crippen molar-refractivity contribution in [3.63, 3.8) is 0 Å². The van der Waals surface area contributed by atoms with Crippen LogP contribution in [-0.4, -0.2) is 35.2 Å². The van der Waals surface area contributed by atoms with Gasteiger partial charge < -0.3 is 14.8 Å². The van der Waals surface area contributed by atoms with Crippen LogP contribution >= 0.6 is 11.6 Å². The van der Waals surface area contributed by atoms with E-state index < -0.39 is 24.8 Å². The second-order valence-corrected chi connectivity index (χ2v) is 4.74. The second-order valence-electron chi connectivity index (χ2n) is 4.35. The highest BCUT2D eigenvalue weighted by Crippen LogP contribution is 2.28. The molecule has 2 N–H and O–H groups in total. The van der Waals surface area contributed by atoms with Crippen molar-refractivity contribution in [1.29, 1.82) is 0 Å². The fraction of sp³-hybridized carbons (Fsp3) is 0.143. The molecular weight excluding hydrogens is 349 g/mol. The average molecular weight is 362 g/mol. The molecule has 0 bridgehead atoms. The van der Waals surface area contributed by atoms with Gasteiger partial charge in [-0.1, -0.05) is 35.9 Å². The van der Waals surface area contributed by atoms with E-state index in [0.29, 0.717) is 10.7 Å². The Morgan fingerprint density at radius 1 is 1.17 bits per heavy atom. The maximum Gasteiger partial charge on any atom is 0.488 e. The molecule has 0 saturated heterocycles. The Labute approximate surface area is 140 Å². The SMILES string of the molecule is COC(=O)c1ccc(Cl)nc1.OB(O)c1ccc(C(F)(F)F)cc1. The topological polar surface area (TPSA) is 79.7 Å². The monoisotopic (exact) mass is 361 g/mol. The number of esters is 1. The lowest BCUT2D eigenvalue weighted by atomic mass is 9.80. The molecule has 0 aliphatic carbocycles. The van der Waals surface area contributed by atoms with E-state index in [4.69, 9.17) is 21.6 Å². The van der Waals surface area contributed by atoms with Crippen molar-refractivity contribution in [1.82, 2.24) is 4.98 Å². The molecule has 1 aromatic heterocycles. The molecule has 0 spiro atoms. The van der Waals surface area contributed by atoms with Crippen LogP contribution in [0.1, 0.15) is 15.9 Å². The van der Waals surface area contributed by atoms with Crippen LogP contribution in [0.4, 0.5) is 13.2 Å². The lowest BCUT2D eigenvalue weighted by Gasteiger charge is -2.06. The number of hydrogen-bond donors (Lipinski definition) is 2. The van der Waals surface area contributed by atoms with Gasteiger partial charge in [-0.25, -0.2) is 9.78 Å². The van der Waals surface area contributed by atoms with Crippen LogP contribution in [0.15, 0.2) is 42.6 Å². The normalized spacial score (nSPS) is 10.5. The third-order valence-corrected chi connectivity index (χ3v) is 2.91. The first-order chi connectivity index (χ1) is 11.1. The Hall–Kier alpha value is -2.10. The second kappa shape index (κ2) is 8.67. The fourth-order valence-electron chi connectivity index (χ4n) is 1.46. The lowest BCUT2D eigenvalue weighted by Crippen LogP contribution is -2.29. The summed E-state index contributed by atoms with van der Waals surface area (Å²) in [6, 6.07) is 6.74. The van der Waals surface area contributed by atoms with Crippen molar-refractivity contribution < 1.29 is 32.8 Å². The summed E-state index contributed by atoms with van der Waals surface area (Å²) in [5.41, 5.74) is -0.373. The summed E-state index contributed by atoms with van der Waals surface area (Å²) in [6.45, 7) is 0. The summed E-state index contributed by atoms with van der Waals surface area (Å²) < 4.78 is 40.4. The number of carbonyl (C=O) groups excluding carboxylic acids is 1. The summed E-state index contributed by atoms with van der Waals surface area (Å²) in [6.07, 6.45) is -3.02. The van der Waals surface area contributed by atoms with Crippen LogP contribution in [0.3, 0.4) is 0 Å². The molecule has 5 nitrogen and oxygen atoms in total. The van der Waals surface area contributed by atoms with Crippen molar-refractivity contribution in [2.75, 3.05) is 7.11 Å². The quantitative estimate of drug-likeness (QED) is 0.485. The van der Waals surface area contributed by atoms with Gasteiger partial charge in [0.25, 0.3) is 0 Å². The van der Waals surface area contributed by atoms with E-state index >= 15 is 0 Å². The molecule has 0 fully saturated rings. The Kier molecular flexibility index (Phi) is 7.21. The molecule has 0 saturated carbocycles. The number of methoxy groups -OCH3 is 1. The first-order valence-corrected chi connectivity index (χ1v) is 6.76. The minimum Gasteiger partial charge on any atom is -0.465 e. The van der Waals surface area contributed by atoms with Gasteiger partial charge in [-0.15, -0.1) is 0 Å². The molecule has 2 aromatic rings. The third-order valence-electron chi connectivity index (χ3n) is 2.68. The minimum absolute atomic E-state index is 0.0352. The molecule has 0 aliphatic heterocycles. The van der Waals surface area contributed by atoms with Crippen LogP contribution in [0.25, 0.3) is 0 Å². The van der Waals surface area contributed by atoms with Crippen LogP contribution in [0.5, 0.6) is 0 Å². The number of rotatable bonds is 2. The predicted molar refractivity (Wildman–Crippen MR) is 81.9 cm³/mol. The van der Waals surface area contributed by atoms with Gasteiger partial charge >= 0.3 is 19.3 Å². The molecule has 24 heavy (non-hydrogen) atoms. The van der Waals surface area contributed by atoms with Crippen LogP contribution in [0, 0.1) is 0 Å². The van der Waals surface area contributed by atoms with E-state index in [1.807, 2.05) is 0 Å². The Morgan fingerprint density at radius 3 is 2.12 bits per heavy atom. The van der Waals surface area contributed by atoms with Gasteiger partial charge in [-0.05, 0) is 17.6 Å². The number of pyridine rings is 1. The lowest BCUT2D eigenvalue weighted by molar-refractivity contribution is -0.137. The standard InChI is InChI=1S/C7H6BF3O2.C7H6ClNO2/c9-7(10,11)5-1-3-6(4-2-5)8(12)13;1-11-7(10)5-2-3-6(8)9-4-5/h1-4,12-13H;2-4H,1H3. The molecule has 2 rings (SSSR count). The molecule has 1 heterocycles. The van der Waals surface area contributed by atoms with Gasteiger partial charge in [0.1, 0.15) is 5.15 Å². The Bertz CT molecular complexity index is 663. The Morgan fingerprint density at radius 2 is 1.75 bits per heavy atom. The van der Waals surface area contributed by atoms with Gasteiger partial charge in [0.05, 0.1) is 18.2 Å². The largest absolute Gasteiger partial charge is 0.488 e. The third kappa shape index (κ3) is 6.19. The van der Waals surface area contributed by atoms with E-state index in [-0.39, 0.29) is 5.46 Å². The number of carbonyl (C=O) groups is 1. The summed E-state index contributed by atoms with van der Waals surface area (Å²) >= 11 is 5.50. The van der Waals surface area contributed by atoms with Gasteiger partial charge in [0, 0.05) is 6.20 Å². The van der Waals surface area contributed by atoms with E-state index in [9.17, 15) is 18.0 Å². The van der Waals surface area contributed by atoms with Gasteiger partial charge in [-0.3, -0.25) is 0 Å². The number of alkyl halides is 3. The zero-order chi connectivity index (χ0) is 18.3. The van der Waals surface area contributed by atoms with Crippen molar-refractivity contribution in [2.45, 2.75) is 6.18 Å². The van der Waals surface area contributed by atoms with E-state index in [1.54, 1.807) is 6.07 Å². The molecule has 0 atom stereocenters. The molecular formula is C14H12BClF3NO4. The molecule has 0 unspecified atom stereocenters. The van der Waals surface area contributed by atoms with Gasteiger partial charge in [0.2, 0.25) is 0 Å². The average Bonchev–Trinajstić information content (AvgIpc) is 2.54. The van der Waals surface area contributed by atoms with E-state index in [0.717, 1.165) is 24.3 Å². The van der Waals surface area contributed by atoms with Gasteiger partial charge in [0.15, 0.2) is 0 Å². The van der Waals surface area contributed by atoms with Crippen LogP contribution < -0.4 is 5.46 Å². The number of halogens is 4. The zero-order valence-electron chi connectivity index (χ0n) is 12.3. The van der Waals surface area contributed by atoms with Gasteiger partial charge in [-0.2, -0.15) is 13.2 Å². The molecule has 0 amide bonds. The van der Waals surface area contributed by atoms with Crippen LogP contribution in [0.2, 0.25) is 5.15 Å². The maximum absolute atomic E-state index is 12.0. The zero-order valence-corrected chi connectivity index (χ0v) is 13.0. The summed E-state index contributed by atoms with van der Waals surface area (Å²) in [5.74, 6) is -0.408. The highest BCUT2D eigenvalue weighted by molar-refractivity contribution is 6.58. The first kappa shape index (κ1) is 20.0. The fourth-order valence-corrected chi connectivity index (χ4v) is 1.57. The molecule has 0 aliphatic rings. The van der Waals surface area contributed by atoms with Crippen molar-refractivity contribution in [2.24, 2.45) is 0 Å². The smallest absolute Gasteiger partial charge is 0.465 e. The highest BCUT2D eigenvalue weighted by Gasteiger charge is 2.30. The Balaban J connectivity index is 0.000000243. The van der Waals surface area contributed by atoms with E-state index in [1.165, 1.54) is 19.4 Å². The number of ether oxygens (including phenoxy) is 1. The number of benzene rings is 1. The summed E-state index contributed by atoms with van der Waals surface area (Å²) in [4.78, 5) is 14.5. The molecule has 1 aromatic carbocycles. The minimum atomic E-state index is -4.39. The molecule has 0 radical (unpaired) electrons.